The Hall–Kier alpha value is -1.54. The zero-order valence-corrected chi connectivity index (χ0v) is 17.9. The standard InChI is InChI=1S/C19H27NO5S2/c1-5-7-11-25-16(21)15-9-8-14(27-15)13(3)19(18(22)24-6-2)17(23-4)20-10-12-26-19/h8-9,13H,5-7,10-12H2,1-4H3. The number of hydrogen-bond donors (Lipinski definition) is 0. The lowest BCUT2D eigenvalue weighted by molar-refractivity contribution is -0.144. The Morgan fingerprint density at radius 2 is 2.07 bits per heavy atom. The van der Waals surface area contributed by atoms with Crippen molar-refractivity contribution in [2.24, 2.45) is 4.99 Å². The molecule has 0 N–H and O–H groups in total. The first-order valence-electron chi connectivity index (χ1n) is 9.18. The molecular formula is C19H27NO5S2. The molecule has 0 amide bonds. The van der Waals surface area contributed by atoms with E-state index < -0.39 is 4.75 Å². The predicted octanol–water partition coefficient (Wildman–Crippen LogP) is 3.90. The Kier molecular flexibility index (Phi) is 8.16. The first kappa shape index (κ1) is 21.8. The molecule has 8 heteroatoms. The van der Waals surface area contributed by atoms with Crippen molar-refractivity contribution in [1.29, 1.82) is 0 Å². The quantitative estimate of drug-likeness (QED) is 0.475. The van der Waals surface area contributed by atoms with Gasteiger partial charge in [-0.05, 0) is 25.5 Å². The molecule has 1 aliphatic rings. The van der Waals surface area contributed by atoms with E-state index in [-0.39, 0.29) is 24.5 Å². The number of rotatable bonds is 8. The van der Waals surface area contributed by atoms with Crippen molar-refractivity contribution in [3.05, 3.63) is 21.9 Å². The number of carbonyl (C=O) groups excluding carboxylic acids is 2. The zero-order valence-electron chi connectivity index (χ0n) is 16.3. The van der Waals surface area contributed by atoms with Crippen LogP contribution >= 0.6 is 23.1 Å². The monoisotopic (exact) mass is 413 g/mol. The van der Waals surface area contributed by atoms with Crippen LogP contribution < -0.4 is 0 Å². The number of hydrogen-bond acceptors (Lipinski definition) is 8. The van der Waals surface area contributed by atoms with E-state index in [2.05, 4.69) is 4.99 Å². The van der Waals surface area contributed by atoms with Crippen LogP contribution in [0, 0.1) is 0 Å². The molecule has 2 atom stereocenters. The maximum atomic E-state index is 12.9. The van der Waals surface area contributed by atoms with Crippen LogP contribution in [0.5, 0.6) is 0 Å². The Bertz CT molecular complexity index is 687. The van der Waals surface area contributed by atoms with Crippen molar-refractivity contribution in [2.75, 3.05) is 32.6 Å². The number of ether oxygens (including phenoxy) is 3. The van der Waals surface area contributed by atoms with Crippen LogP contribution in [0.15, 0.2) is 17.1 Å². The number of aliphatic imine (C=N–C) groups is 1. The highest BCUT2D eigenvalue weighted by Gasteiger charge is 2.54. The van der Waals surface area contributed by atoms with Gasteiger partial charge in [0, 0.05) is 16.5 Å². The summed E-state index contributed by atoms with van der Waals surface area (Å²) < 4.78 is 15.1. The SMILES string of the molecule is CCCCOC(=O)c1ccc(C(C)C2(C(=O)OCC)SCCN=C2OC)s1. The van der Waals surface area contributed by atoms with E-state index in [0.29, 0.717) is 29.7 Å². The Balaban J connectivity index is 2.30. The summed E-state index contributed by atoms with van der Waals surface area (Å²) in [7, 11) is 1.52. The smallest absolute Gasteiger partial charge is 0.348 e. The summed E-state index contributed by atoms with van der Waals surface area (Å²) in [5.41, 5.74) is 0. The van der Waals surface area contributed by atoms with Gasteiger partial charge in [-0.15, -0.1) is 23.1 Å². The first-order chi connectivity index (χ1) is 13.0. The maximum Gasteiger partial charge on any atom is 0.348 e. The van der Waals surface area contributed by atoms with Crippen molar-refractivity contribution >= 4 is 40.9 Å². The van der Waals surface area contributed by atoms with Gasteiger partial charge >= 0.3 is 11.9 Å². The fraction of sp³-hybridized carbons (Fsp3) is 0.632. The van der Waals surface area contributed by atoms with Gasteiger partial charge in [-0.25, -0.2) is 9.59 Å². The molecule has 0 radical (unpaired) electrons. The molecule has 0 saturated heterocycles. The number of thioether (sulfide) groups is 1. The first-order valence-corrected chi connectivity index (χ1v) is 11.0. The van der Waals surface area contributed by atoms with E-state index in [9.17, 15) is 9.59 Å². The van der Waals surface area contributed by atoms with Crippen LogP contribution in [0.4, 0.5) is 0 Å². The molecule has 150 valence electrons. The molecule has 2 unspecified atom stereocenters. The molecule has 1 aromatic heterocycles. The number of methoxy groups -OCH3 is 1. The van der Waals surface area contributed by atoms with Crippen LogP contribution in [-0.4, -0.2) is 55.2 Å². The topological polar surface area (TPSA) is 74.2 Å². The van der Waals surface area contributed by atoms with Crippen molar-refractivity contribution in [1.82, 2.24) is 0 Å². The van der Waals surface area contributed by atoms with Crippen molar-refractivity contribution in [2.45, 2.75) is 44.3 Å². The van der Waals surface area contributed by atoms with Crippen LogP contribution in [0.2, 0.25) is 0 Å². The second-order valence-electron chi connectivity index (χ2n) is 6.11. The number of unbranched alkanes of at least 4 members (excludes halogenated alkanes) is 1. The minimum atomic E-state index is -1.04. The highest BCUT2D eigenvalue weighted by Crippen LogP contribution is 2.45. The van der Waals surface area contributed by atoms with E-state index in [1.54, 1.807) is 13.0 Å². The van der Waals surface area contributed by atoms with Gasteiger partial charge in [0.15, 0.2) is 4.75 Å². The van der Waals surface area contributed by atoms with Gasteiger partial charge < -0.3 is 14.2 Å². The summed E-state index contributed by atoms with van der Waals surface area (Å²) in [6.45, 7) is 7.07. The molecule has 1 aliphatic heterocycles. The summed E-state index contributed by atoms with van der Waals surface area (Å²) in [6, 6.07) is 3.62. The van der Waals surface area contributed by atoms with E-state index in [1.165, 1.54) is 30.2 Å². The lowest BCUT2D eigenvalue weighted by Gasteiger charge is -2.37. The van der Waals surface area contributed by atoms with E-state index in [1.807, 2.05) is 19.9 Å². The highest BCUT2D eigenvalue weighted by atomic mass is 32.2. The maximum absolute atomic E-state index is 12.9. The fourth-order valence-electron chi connectivity index (χ4n) is 2.90. The van der Waals surface area contributed by atoms with Crippen LogP contribution in [0.3, 0.4) is 0 Å². The lowest BCUT2D eigenvalue weighted by Crippen LogP contribution is -2.51. The Morgan fingerprint density at radius 1 is 1.30 bits per heavy atom. The number of esters is 2. The molecule has 0 aromatic carbocycles. The van der Waals surface area contributed by atoms with Gasteiger partial charge in [0.1, 0.15) is 4.88 Å². The van der Waals surface area contributed by atoms with Crippen molar-refractivity contribution < 1.29 is 23.8 Å². The van der Waals surface area contributed by atoms with E-state index >= 15 is 0 Å². The van der Waals surface area contributed by atoms with Crippen LogP contribution in [-0.2, 0) is 19.0 Å². The summed E-state index contributed by atoms with van der Waals surface area (Å²) in [5, 5.41) is 0. The summed E-state index contributed by atoms with van der Waals surface area (Å²) >= 11 is 2.83. The summed E-state index contributed by atoms with van der Waals surface area (Å²) in [4.78, 5) is 31.0. The number of thiophene rings is 1. The third-order valence-corrected chi connectivity index (χ3v) is 7.15. The highest BCUT2D eigenvalue weighted by molar-refractivity contribution is 8.02. The molecule has 0 saturated carbocycles. The van der Waals surface area contributed by atoms with Gasteiger partial charge in [0.05, 0.1) is 26.9 Å². The van der Waals surface area contributed by atoms with Crippen molar-refractivity contribution in [3.63, 3.8) is 0 Å². The third kappa shape index (κ3) is 4.66. The van der Waals surface area contributed by atoms with Gasteiger partial charge in [0.2, 0.25) is 5.90 Å². The van der Waals surface area contributed by atoms with Gasteiger partial charge in [0.25, 0.3) is 0 Å². The normalized spacial score (nSPS) is 20.5. The average molecular weight is 414 g/mol. The molecular weight excluding hydrogens is 386 g/mol. The van der Waals surface area contributed by atoms with Gasteiger partial charge in [-0.3, -0.25) is 4.99 Å². The minimum absolute atomic E-state index is 0.261. The number of carbonyl (C=O) groups is 2. The molecule has 2 rings (SSSR count). The lowest BCUT2D eigenvalue weighted by atomic mass is 9.90. The molecule has 6 nitrogen and oxygen atoms in total. The largest absolute Gasteiger partial charge is 0.483 e. The van der Waals surface area contributed by atoms with Crippen LogP contribution in [0.25, 0.3) is 0 Å². The third-order valence-electron chi connectivity index (χ3n) is 4.36. The summed E-state index contributed by atoms with van der Waals surface area (Å²) in [5.74, 6) is 0.137. The zero-order chi connectivity index (χ0) is 19.9. The predicted molar refractivity (Wildman–Crippen MR) is 109 cm³/mol. The van der Waals surface area contributed by atoms with E-state index in [4.69, 9.17) is 14.2 Å². The second-order valence-corrected chi connectivity index (χ2v) is 8.56. The fourth-order valence-corrected chi connectivity index (χ4v) is 5.32. The molecule has 0 aliphatic carbocycles. The van der Waals surface area contributed by atoms with Gasteiger partial charge in [-0.2, -0.15) is 0 Å². The van der Waals surface area contributed by atoms with Crippen molar-refractivity contribution in [3.8, 4) is 0 Å². The Labute approximate surface area is 168 Å². The second kappa shape index (κ2) is 10.1. The molecule has 27 heavy (non-hydrogen) atoms. The molecule has 1 aromatic rings. The molecule has 0 spiro atoms. The van der Waals surface area contributed by atoms with E-state index in [0.717, 1.165) is 17.7 Å². The number of nitrogens with zero attached hydrogens (tertiary/aromatic N) is 1. The minimum Gasteiger partial charge on any atom is -0.483 e. The molecule has 0 fully saturated rings. The Morgan fingerprint density at radius 3 is 2.74 bits per heavy atom. The average Bonchev–Trinajstić information content (AvgIpc) is 3.17. The molecule has 2 heterocycles. The van der Waals surface area contributed by atoms with Gasteiger partial charge in [-0.1, -0.05) is 20.3 Å². The molecule has 0 bridgehead atoms. The van der Waals surface area contributed by atoms with Crippen LogP contribution in [0.1, 0.15) is 54.1 Å². The summed E-state index contributed by atoms with van der Waals surface area (Å²) in [6.07, 6.45) is 1.81.